The van der Waals surface area contributed by atoms with Gasteiger partial charge in [0.1, 0.15) is 40.5 Å². The van der Waals surface area contributed by atoms with Crippen molar-refractivity contribution in [2.24, 2.45) is 10.2 Å². The minimum absolute atomic E-state index is 0.0192. The Hall–Kier alpha value is -6.78. The van der Waals surface area contributed by atoms with E-state index in [-0.39, 0.29) is 43.9 Å². The first-order valence-electron chi connectivity index (χ1n) is 23.0. The molecule has 5 atom stereocenters. The van der Waals surface area contributed by atoms with E-state index >= 15 is 0 Å². The number of nitriles is 1. The van der Waals surface area contributed by atoms with Crippen LogP contribution in [0.25, 0.3) is 0 Å². The minimum Gasteiger partial charge on any atom is -0.497 e. The van der Waals surface area contributed by atoms with E-state index in [0.29, 0.717) is 22.7 Å². The maximum atomic E-state index is 14.0. The third-order valence-electron chi connectivity index (χ3n) is 12.0. The molecule has 3 heterocycles. The van der Waals surface area contributed by atoms with Crippen LogP contribution in [-0.4, -0.2) is 78.2 Å². The van der Waals surface area contributed by atoms with E-state index in [1.807, 2.05) is 109 Å². The van der Waals surface area contributed by atoms with Crippen molar-refractivity contribution >= 4 is 19.9 Å². The molecule has 2 aliphatic heterocycles. The lowest BCUT2D eigenvalue weighted by molar-refractivity contribution is -0.203. The Labute approximate surface area is 408 Å². The fraction of sp³-hybridized carbons (Fsp3) is 0.315. The van der Waals surface area contributed by atoms with E-state index in [4.69, 9.17) is 32.7 Å². The van der Waals surface area contributed by atoms with Gasteiger partial charge in [-0.3, -0.25) is 14.3 Å². The highest BCUT2D eigenvalue weighted by molar-refractivity contribution is 7.44. The summed E-state index contributed by atoms with van der Waals surface area (Å²) in [5, 5.41) is 18.1. The van der Waals surface area contributed by atoms with Gasteiger partial charge in [0.15, 0.2) is 6.23 Å². The van der Waals surface area contributed by atoms with Crippen LogP contribution in [-0.2, 0) is 28.9 Å². The molecule has 5 aromatic carbocycles. The Kier molecular flexibility index (Phi) is 15.8. The van der Waals surface area contributed by atoms with Crippen molar-refractivity contribution in [1.82, 2.24) is 14.2 Å². The lowest BCUT2D eigenvalue weighted by Gasteiger charge is -2.41. The Bertz CT molecular complexity index is 2900. The summed E-state index contributed by atoms with van der Waals surface area (Å²) in [6.07, 6.45) is -1.37. The van der Waals surface area contributed by atoms with Crippen molar-refractivity contribution < 1.29 is 32.7 Å². The highest BCUT2D eigenvalue weighted by Gasteiger charge is 2.65. The SMILES string of the molecule is COc1ccc(C(OC[C@@]23CO[C@@H]([C@H](n4cc(C#Cc5ccc(N=Nc6ccccc6)cc5)c(=O)[nH]c4=O)O2)[C@@H]3OP(OCCC#N)N(C(C)C)C(C)C)(c2ccccc2)c2ccc(OC)cc2)cc1. The van der Waals surface area contributed by atoms with Gasteiger partial charge in [-0.25, -0.2) is 9.46 Å². The first-order valence-corrected chi connectivity index (χ1v) is 24.1. The molecule has 0 radical (unpaired) electrons. The first-order chi connectivity index (χ1) is 34.0. The summed E-state index contributed by atoms with van der Waals surface area (Å²) in [4.78, 5) is 29.8. The lowest BCUT2D eigenvalue weighted by Crippen LogP contribution is -2.49. The number of nitrogens with zero attached hydrogens (tertiary/aromatic N) is 5. The van der Waals surface area contributed by atoms with Gasteiger partial charge in [0, 0.05) is 23.8 Å². The van der Waals surface area contributed by atoms with Gasteiger partial charge in [0.25, 0.3) is 14.1 Å². The highest BCUT2D eigenvalue weighted by Crippen LogP contribution is 2.56. The number of fused-ring (bicyclic) bond motifs is 2. The monoisotopic (exact) mass is 962 g/mol. The summed E-state index contributed by atoms with van der Waals surface area (Å²) in [5.74, 6) is 7.33. The molecule has 1 N–H and O–H groups in total. The van der Waals surface area contributed by atoms with Crippen LogP contribution in [0.3, 0.4) is 0 Å². The highest BCUT2D eigenvalue weighted by atomic mass is 31.2. The van der Waals surface area contributed by atoms with E-state index < -0.39 is 49.4 Å². The van der Waals surface area contributed by atoms with Gasteiger partial charge < -0.3 is 32.7 Å². The Balaban J connectivity index is 1.20. The number of benzene rings is 5. The topological polar surface area (TPSA) is 171 Å². The number of H-pyrrole nitrogens is 1. The zero-order valence-corrected chi connectivity index (χ0v) is 40.7. The second kappa shape index (κ2) is 22.3. The van der Waals surface area contributed by atoms with Gasteiger partial charge in [-0.05, 0) is 105 Å². The third-order valence-corrected chi connectivity index (χ3v) is 14.1. The fourth-order valence-electron chi connectivity index (χ4n) is 8.70. The zero-order chi connectivity index (χ0) is 49.3. The molecule has 0 saturated carbocycles. The van der Waals surface area contributed by atoms with E-state index in [9.17, 15) is 14.9 Å². The molecule has 360 valence electrons. The van der Waals surface area contributed by atoms with Gasteiger partial charge in [0.2, 0.25) is 0 Å². The van der Waals surface area contributed by atoms with Crippen LogP contribution in [0.15, 0.2) is 159 Å². The van der Waals surface area contributed by atoms with E-state index in [1.54, 1.807) is 38.5 Å². The molecule has 1 unspecified atom stereocenters. The van der Waals surface area contributed by atoms with Crippen LogP contribution in [0.1, 0.15) is 68.2 Å². The van der Waals surface area contributed by atoms with E-state index in [0.717, 1.165) is 22.4 Å². The van der Waals surface area contributed by atoms with Crippen molar-refractivity contribution in [3.05, 3.63) is 188 Å². The van der Waals surface area contributed by atoms with Crippen molar-refractivity contribution in [2.75, 3.05) is 34.0 Å². The van der Waals surface area contributed by atoms with Crippen molar-refractivity contribution in [3.8, 4) is 29.4 Å². The molecule has 2 bridgehead atoms. The number of rotatable bonds is 19. The zero-order valence-electron chi connectivity index (χ0n) is 39.9. The molecule has 16 heteroatoms. The van der Waals surface area contributed by atoms with Crippen LogP contribution < -0.4 is 20.7 Å². The molecular weight excluding hydrogens is 908 g/mol. The number of ether oxygens (including phenoxy) is 5. The molecule has 8 rings (SSSR count). The second-order valence-electron chi connectivity index (χ2n) is 17.3. The number of hydrogen-bond acceptors (Lipinski definition) is 13. The molecule has 2 aliphatic rings. The van der Waals surface area contributed by atoms with Crippen LogP contribution in [0.5, 0.6) is 11.5 Å². The second-order valence-corrected chi connectivity index (χ2v) is 18.7. The third kappa shape index (κ3) is 10.7. The number of azo groups is 1. The van der Waals surface area contributed by atoms with Crippen molar-refractivity contribution in [2.45, 2.75) is 75.8 Å². The first kappa shape index (κ1) is 49.6. The number of aromatic nitrogens is 2. The predicted molar refractivity (Wildman–Crippen MR) is 265 cm³/mol. The average molecular weight is 963 g/mol. The Morgan fingerprint density at radius 3 is 1.94 bits per heavy atom. The molecule has 0 aliphatic carbocycles. The summed E-state index contributed by atoms with van der Waals surface area (Å²) in [6, 6.07) is 43.9. The number of hydrogen-bond donors (Lipinski definition) is 1. The molecule has 6 aromatic rings. The molecular formula is C54H55N6O9P. The van der Waals surface area contributed by atoms with Gasteiger partial charge in [-0.1, -0.05) is 84.6 Å². The molecule has 0 spiro atoms. The van der Waals surface area contributed by atoms with Gasteiger partial charge >= 0.3 is 5.69 Å². The van der Waals surface area contributed by atoms with Gasteiger partial charge in [-0.2, -0.15) is 15.5 Å². The predicted octanol–water partition coefficient (Wildman–Crippen LogP) is 9.71. The van der Waals surface area contributed by atoms with Gasteiger partial charge in [0.05, 0.1) is 57.9 Å². The smallest absolute Gasteiger partial charge is 0.330 e. The lowest BCUT2D eigenvalue weighted by atomic mass is 9.79. The van der Waals surface area contributed by atoms with E-state index in [1.165, 1.54) is 10.8 Å². The van der Waals surface area contributed by atoms with Crippen LogP contribution in [0.2, 0.25) is 0 Å². The number of nitrogens with one attached hydrogen (secondary N) is 1. The molecule has 1 aromatic heterocycles. The summed E-state index contributed by atoms with van der Waals surface area (Å²) in [5.41, 5.74) is 0.383. The molecule has 70 heavy (non-hydrogen) atoms. The van der Waals surface area contributed by atoms with Crippen molar-refractivity contribution in [3.63, 3.8) is 0 Å². The molecule has 0 amide bonds. The van der Waals surface area contributed by atoms with Gasteiger partial charge in [-0.15, -0.1) is 0 Å². The summed E-state index contributed by atoms with van der Waals surface area (Å²) >= 11 is 0. The summed E-state index contributed by atoms with van der Waals surface area (Å²) in [7, 11) is 1.38. The summed E-state index contributed by atoms with van der Waals surface area (Å²) < 4.78 is 49.3. The molecule has 2 saturated heterocycles. The largest absolute Gasteiger partial charge is 0.497 e. The number of aromatic amines is 1. The standard InChI is InChI=1S/C54H55N6O9P/c1-37(2)60(38(3)4)70(67-33-13-32-55)69-49-48-51(59-34-40(50(61)56-52(59)62)21-18-39-19-26-45(27-20-39)58-57-44-16-11-8-12-17-44)68-53(49,35-65-48)36-66-54(41-14-9-7-10-15-41,42-22-28-46(63-5)29-23-42)43-24-30-47(64-6)31-25-43/h7-12,14-17,19-20,22-31,34,37-38,48-49,51H,13,33,35-36H2,1-6H3,(H,56,61,62)/t48-,49+,51-,53-,70?/m1/s1. The number of methoxy groups -OCH3 is 2. The van der Waals surface area contributed by atoms with Crippen LogP contribution in [0.4, 0.5) is 11.4 Å². The molecule has 15 nitrogen and oxygen atoms in total. The molecule has 2 fully saturated rings. The fourth-order valence-corrected chi connectivity index (χ4v) is 10.5. The Morgan fingerprint density at radius 2 is 1.37 bits per heavy atom. The maximum Gasteiger partial charge on any atom is 0.330 e. The Morgan fingerprint density at radius 1 is 0.800 bits per heavy atom. The minimum atomic E-state index is -1.85. The summed E-state index contributed by atoms with van der Waals surface area (Å²) in [6.45, 7) is 8.23. The quantitative estimate of drug-likeness (QED) is 0.0269. The maximum absolute atomic E-state index is 14.0. The van der Waals surface area contributed by atoms with Crippen molar-refractivity contribution in [1.29, 1.82) is 5.26 Å². The van der Waals surface area contributed by atoms with E-state index in [2.05, 4.69) is 65.5 Å². The average Bonchev–Trinajstić information content (AvgIpc) is 3.87. The van der Waals surface area contributed by atoms with Crippen LogP contribution in [0, 0.1) is 23.2 Å². The normalized spacial score (nSPS) is 19.1. The van der Waals surface area contributed by atoms with Crippen LogP contribution >= 0.6 is 8.53 Å².